The van der Waals surface area contributed by atoms with Crippen molar-refractivity contribution in [1.29, 1.82) is 0 Å². The highest BCUT2D eigenvalue weighted by Gasteiger charge is 2.27. The minimum atomic E-state index is -0.310. The van der Waals surface area contributed by atoms with E-state index in [1.165, 1.54) is 12.1 Å². The molecule has 0 radical (unpaired) electrons. The van der Waals surface area contributed by atoms with E-state index >= 15 is 0 Å². The average molecular weight is 489 g/mol. The van der Waals surface area contributed by atoms with Crippen molar-refractivity contribution in [3.8, 4) is 16.9 Å². The molecule has 0 spiro atoms. The number of rotatable bonds is 4. The van der Waals surface area contributed by atoms with Crippen LogP contribution in [0.4, 0.5) is 10.1 Å². The van der Waals surface area contributed by atoms with E-state index in [0.717, 1.165) is 28.1 Å². The molecule has 1 amide bonds. The minimum Gasteiger partial charge on any atom is -0.367 e. The lowest BCUT2D eigenvalue weighted by molar-refractivity contribution is 0.0737. The van der Waals surface area contributed by atoms with E-state index < -0.39 is 0 Å². The molecule has 178 valence electrons. The number of aryl methyl sites for hydroxylation is 2. The number of halogens is 2. The Labute approximate surface area is 209 Å². The molecule has 0 N–H and O–H groups in total. The Kier molecular flexibility index (Phi) is 6.31. The lowest BCUT2D eigenvalue weighted by atomic mass is 10.1. The van der Waals surface area contributed by atoms with Crippen molar-refractivity contribution in [3.63, 3.8) is 0 Å². The monoisotopic (exact) mass is 488 g/mol. The van der Waals surface area contributed by atoms with Crippen molar-refractivity contribution in [2.45, 2.75) is 13.8 Å². The van der Waals surface area contributed by atoms with Crippen molar-refractivity contribution >= 4 is 23.2 Å². The normalized spacial score (nSPS) is 13.8. The van der Waals surface area contributed by atoms with E-state index in [9.17, 15) is 9.18 Å². The van der Waals surface area contributed by atoms with Gasteiger partial charge in [-0.1, -0.05) is 35.9 Å². The van der Waals surface area contributed by atoms with Crippen LogP contribution >= 0.6 is 11.6 Å². The number of carbonyl (C=O) groups is 1. The Morgan fingerprint density at radius 2 is 1.60 bits per heavy atom. The second kappa shape index (κ2) is 9.55. The molecule has 1 saturated heterocycles. The van der Waals surface area contributed by atoms with Gasteiger partial charge in [-0.2, -0.15) is 5.10 Å². The highest BCUT2D eigenvalue weighted by Crippen LogP contribution is 2.28. The van der Waals surface area contributed by atoms with Crippen LogP contribution in [0, 0.1) is 19.7 Å². The predicted octanol–water partition coefficient (Wildman–Crippen LogP) is 5.91. The smallest absolute Gasteiger partial charge is 0.272 e. The molecule has 35 heavy (non-hydrogen) atoms. The zero-order valence-corrected chi connectivity index (χ0v) is 20.5. The summed E-state index contributed by atoms with van der Waals surface area (Å²) in [6.07, 6.45) is 0. The molecule has 0 atom stereocenters. The summed E-state index contributed by atoms with van der Waals surface area (Å²) in [5.74, 6) is -0.388. The minimum absolute atomic E-state index is 0.0782. The summed E-state index contributed by atoms with van der Waals surface area (Å²) in [5.41, 5.74) is 5.82. The number of benzene rings is 3. The number of hydrogen-bond acceptors (Lipinski definition) is 3. The zero-order chi connectivity index (χ0) is 24.5. The first-order valence-electron chi connectivity index (χ1n) is 11.6. The molecule has 1 aliphatic heterocycles. The molecule has 1 fully saturated rings. The van der Waals surface area contributed by atoms with Gasteiger partial charge >= 0.3 is 0 Å². The van der Waals surface area contributed by atoms with E-state index in [2.05, 4.69) is 4.90 Å². The van der Waals surface area contributed by atoms with Crippen LogP contribution in [0.25, 0.3) is 16.9 Å². The fourth-order valence-corrected chi connectivity index (χ4v) is 4.70. The van der Waals surface area contributed by atoms with Crippen LogP contribution in [0.5, 0.6) is 0 Å². The highest BCUT2D eigenvalue weighted by atomic mass is 35.5. The molecule has 2 heterocycles. The van der Waals surface area contributed by atoms with Crippen molar-refractivity contribution in [3.05, 3.63) is 100 Å². The van der Waals surface area contributed by atoms with E-state index in [-0.39, 0.29) is 11.7 Å². The van der Waals surface area contributed by atoms with Gasteiger partial charge in [-0.15, -0.1) is 0 Å². The maximum Gasteiger partial charge on any atom is 0.272 e. The highest BCUT2D eigenvalue weighted by molar-refractivity contribution is 6.33. The first kappa shape index (κ1) is 23.1. The molecule has 7 heteroatoms. The largest absolute Gasteiger partial charge is 0.367 e. The second-order valence-corrected chi connectivity index (χ2v) is 9.26. The van der Waals surface area contributed by atoms with Crippen molar-refractivity contribution in [2.24, 2.45) is 0 Å². The lowest BCUT2D eigenvalue weighted by Crippen LogP contribution is -2.49. The second-order valence-electron chi connectivity index (χ2n) is 8.85. The van der Waals surface area contributed by atoms with E-state index in [0.29, 0.717) is 42.6 Å². The number of anilines is 1. The maximum absolute atomic E-state index is 13.8. The van der Waals surface area contributed by atoms with Crippen molar-refractivity contribution < 1.29 is 9.18 Å². The number of para-hydroxylation sites is 1. The fraction of sp³-hybridized carbons (Fsp3) is 0.214. The van der Waals surface area contributed by atoms with Gasteiger partial charge in [0.2, 0.25) is 0 Å². The number of aromatic nitrogens is 2. The summed E-state index contributed by atoms with van der Waals surface area (Å²) in [6, 6.07) is 21.8. The number of piperazine rings is 1. The van der Waals surface area contributed by atoms with Gasteiger partial charge < -0.3 is 9.80 Å². The van der Waals surface area contributed by atoms with Crippen molar-refractivity contribution in [2.75, 3.05) is 31.1 Å². The van der Waals surface area contributed by atoms with Gasteiger partial charge in [-0.05, 0) is 73.5 Å². The van der Waals surface area contributed by atoms with Gasteiger partial charge in [-0.3, -0.25) is 4.79 Å². The average Bonchev–Trinajstić information content (AvgIpc) is 3.31. The molecule has 5 nitrogen and oxygen atoms in total. The SMILES string of the molecule is Cc1ccc(C)c(-n2nc(-c3ccc(F)cc3)cc2C(=O)N2CCN(c3ccccc3Cl)CC2)c1. The van der Waals surface area contributed by atoms with Crippen LogP contribution in [0.3, 0.4) is 0 Å². The number of amides is 1. The third-order valence-corrected chi connectivity index (χ3v) is 6.74. The summed E-state index contributed by atoms with van der Waals surface area (Å²) < 4.78 is 15.2. The topological polar surface area (TPSA) is 41.4 Å². The first-order valence-corrected chi connectivity index (χ1v) is 12.0. The van der Waals surface area contributed by atoms with Gasteiger partial charge in [0, 0.05) is 31.7 Å². The molecule has 0 aliphatic carbocycles. The van der Waals surface area contributed by atoms with E-state index in [1.54, 1.807) is 22.9 Å². The molecule has 0 unspecified atom stereocenters. The van der Waals surface area contributed by atoms with E-state index in [1.807, 2.05) is 61.2 Å². The summed E-state index contributed by atoms with van der Waals surface area (Å²) in [6.45, 7) is 6.56. The molecular formula is C28H26ClFN4O. The standard InChI is InChI=1S/C28H26ClFN4O/c1-19-7-8-20(2)26(17-19)34-27(18-24(31-34)21-9-11-22(30)12-10-21)28(35)33-15-13-32(14-16-33)25-6-4-3-5-23(25)29/h3-12,17-18H,13-16H2,1-2H3. The van der Waals surface area contributed by atoms with E-state index in [4.69, 9.17) is 16.7 Å². The van der Waals surface area contributed by atoms with Crippen LogP contribution in [0.2, 0.25) is 5.02 Å². The molecule has 1 aliphatic rings. The van der Waals surface area contributed by atoms with Gasteiger partial charge in [0.05, 0.1) is 22.1 Å². The van der Waals surface area contributed by atoms with Crippen LogP contribution < -0.4 is 4.90 Å². The van der Waals surface area contributed by atoms with Crippen molar-refractivity contribution in [1.82, 2.24) is 14.7 Å². The fourth-order valence-electron chi connectivity index (χ4n) is 4.45. The molecular weight excluding hydrogens is 463 g/mol. The summed E-state index contributed by atoms with van der Waals surface area (Å²) in [5, 5.41) is 5.50. The molecule has 3 aromatic carbocycles. The molecule has 5 rings (SSSR count). The molecule has 1 aromatic heterocycles. The lowest BCUT2D eigenvalue weighted by Gasteiger charge is -2.36. The van der Waals surface area contributed by atoms with Gasteiger partial charge in [0.1, 0.15) is 11.5 Å². The van der Waals surface area contributed by atoms with Gasteiger partial charge in [0.25, 0.3) is 5.91 Å². The van der Waals surface area contributed by atoms with Crippen LogP contribution in [-0.4, -0.2) is 46.8 Å². The summed E-state index contributed by atoms with van der Waals surface area (Å²) in [7, 11) is 0. The number of hydrogen-bond donors (Lipinski definition) is 0. The Bertz CT molecular complexity index is 1370. The maximum atomic E-state index is 13.8. The van der Waals surface area contributed by atoms with Crippen LogP contribution in [-0.2, 0) is 0 Å². The number of carbonyl (C=O) groups excluding carboxylic acids is 1. The molecule has 4 aromatic rings. The van der Waals surface area contributed by atoms with Crippen LogP contribution in [0.1, 0.15) is 21.6 Å². The quantitative estimate of drug-likeness (QED) is 0.358. The summed E-state index contributed by atoms with van der Waals surface area (Å²) >= 11 is 6.38. The van der Waals surface area contributed by atoms with Gasteiger partial charge in [-0.25, -0.2) is 9.07 Å². The predicted molar refractivity (Wildman–Crippen MR) is 138 cm³/mol. The number of nitrogens with zero attached hydrogens (tertiary/aromatic N) is 4. The Balaban J connectivity index is 1.47. The zero-order valence-electron chi connectivity index (χ0n) is 19.7. The van der Waals surface area contributed by atoms with Gasteiger partial charge in [0.15, 0.2) is 0 Å². The molecule has 0 bridgehead atoms. The summed E-state index contributed by atoms with van der Waals surface area (Å²) in [4.78, 5) is 17.8. The Hall–Kier alpha value is -3.64. The Morgan fingerprint density at radius 3 is 2.31 bits per heavy atom. The first-order chi connectivity index (χ1) is 16.9. The Morgan fingerprint density at radius 1 is 0.886 bits per heavy atom. The van der Waals surface area contributed by atoms with Crippen LogP contribution in [0.15, 0.2) is 72.8 Å². The third kappa shape index (κ3) is 4.66. The third-order valence-electron chi connectivity index (χ3n) is 6.42. The molecule has 0 saturated carbocycles.